The van der Waals surface area contributed by atoms with Crippen LogP contribution in [0, 0.1) is 11.8 Å². The lowest BCUT2D eigenvalue weighted by Crippen LogP contribution is -2.50. The second-order valence-corrected chi connectivity index (χ2v) is 4.74. The summed E-state index contributed by atoms with van der Waals surface area (Å²) < 4.78 is 0. The van der Waals surface area contributed by atoms with Crippen LogP contribution in [0.1, 0.15) is 40.0 Å². The van der Waals surface area contributed by atoms with Crippen molar-refractivity contribution >= 4 is 0 Å². The maximum absolute atomic E-state index is 9.82. The predicted molar refractivity (Wildman–Crippen MR) is 50.8 cm³/mol. The Hall–Kier alpha value is -0.0800. The van der Waals surface area contributed by atoms with Crippen LogP contribution in [-0.2, 0) is 0 Å². The van der Waals surface area contributed by atoms with Gasteiger partial charge in [0.05, 0.1) is 5.60 Å². The first-order valence-corrected chi connectivity index (χ1v) is 4.91. The van der Waals surface area contributed by atoms with E-state index in [0.29, 0.717) is 11.8 Å². The lowest BCUT2D eigenvalue weighted by Gasteiger charge is -2.40. The fraction of sp³-hybridized carbons (Fsp3) is 1.00. The maximum Gasteiger partial charge on any atom is 0.0770 e. The molecule has 1 fully saturated rings. The molecule has 0 aromatic carbocycles. The summed E-state index contributed by atoms with van der Waals surface area (Å²) in [6, 6.07) is -0.0290. The fourth-order valence-electron chi connectivity index (χ4n) is 1.97. The van der Waals surface area contributed by atoms with Gasteiger partial charge in [-0.1, -0.05) is 13.8 Å². The highest BCUT2D eigenvalue weighted by Crippen LogP contribution is 2.34. The van der Waals surface area contributed by atoms with E-state index in [1.165, 1.54) is 0 Å². The summed E-state index contributed by atoms with van der Waals surface area (Å²) in [6.07, 6.45) is 2.96. The van der Waals surface area contributed by atoms with Crippen LogP contribution in [0.5, 0.6) is 0 Å². The van der Waals surface area contributed by atoms with Crippen LogP contribution < -0.4 is 5.73 Å². The van der Waals surface area contributed by atoms with Crippen LogP contribution >= 0.6 is 0 Å². The SMILES string of the molecule is CC(C)[C@H]1CC[C@](C)(O)[C@@H](N)C1. The molecule has 0 saturated heterocycles. The Bertz CT molecular complexity index is 154. The quantitative estimate of drug-likeness (QED) is 0.628. The first-order chi connectivity index (χ1) is 5.43. The van der Waals surface area contributed by atoms with E-state index in [1.54, 1.807) is 0 Å². The van der Waals surface area contributed by atoms with Crippen LogP contribution in [0.2, 0.25) is 0 Å². The van der Waals surface area contributed by atoms with Gasteiger partial charge in [0.2, 0.25) is 0 Å². The summed E-state index contributed by atoms with van der Waals surface area (Å²) in [6.45, 7) is 6.32. The van der Waals surface area contributed by atoms with Crippen molar-refractivity contribution in [1.82, 2.24) is 0 Å². The monoisotopic (exact) mass is 171 g/mol. The van der Waals surface area contributed by atoms with Gasteiger partial charge in [-0.3, -0.25) is 0 Å². The molecular weight excluding hydrogens is 150 g/mol. The Morgan fingerprint density at radius 1 is 1.50 bits per heavy atom. The molecule has 12 heavy (non-hydrogen) atoms. The van der Waals surface area contributed by atoms with Crippen LogP contribution in [0.3, 0.4) is 0 Å². The molecule has 0 heterocycles. The van der Waals surface area contributed by atoms with Crippen molar-refractivity contribution < 1.29 is 5.11 Å². The summed E-state index contributed by atoms with van der Waals surface area (Å²) in [5.74, 6) is 1.41. The van der Waals surface area contributed by atoms with Gasteiger partial charge in [-0.15, -0.1) is 0 Å². The molecule has 0 amide bonds. The molecule has 0 spiro atoms. The van der Waals surface area contributed by atoms with E-state index in [4.69, 9.17) is 5.73 Å². The molecule has 2 heteroatoms. The first kappa shape index (κ1) is 10.0. The van der Waals surface area contributed by atoms with Gasteiger partial charge in [0, 0.05) is 6.04 Å². The van der Waals surface area contributed by atoms with Crippen molar-refractivity contribution in [1.29, 1.82) is 0 Å². The zero-order valence-corrected chi connectivity index (χ0v) is 8.38. The van der Waals surface area contributed by atoms with Crippen LogP contribution in [0.25, 0.3) is 0 Å². The summed E-state index contributed by atoms with van der Waals surface area (Å²) in [5.41, 5.74) is 5.27. The number of hydrogen-bond donors (Lipinski definition) is 2. The molecule has 0 aromatic rings. The molecule has 0 unspecified atom stereocenters. The zero-order chi connectivity index (χ0) is 9.35. The minimum atomic E-state index is -0.620. The molecule has 1 saturated carbocycles. The Labute approximate surface area is 75.2 Å². The van der Waals surface area contributed by atoms with Crippen molar-refractivity contribution in [2.75, 3.05) is 0 Å². The number of rotatable bonds is 1. The highest BCUT2D eigenvalue weighted by atomic mass is 16.3. The lowest BCUT2D eigenvalue weighted by molar-refractivity contribution is -0.0172. The standard InChI is InChI=1S/C10H21NO/c1-7(2)8-4-5-10(3,12)9(11)6-8/h7-9,12H,4-6,11H2,1-3H3/t8-,9-,10-/m0/s1. The Morgan fingerprint density at radius 2 is 2.08 bits per heavy atom. The molecule has 1 aliphatic rings. The molecule has 3 N–H and O–H groups in total. The number of aliphatic hydroxyl groups is 1. The van der Waals surface area contributed by atoms with Crippen molar-refractivity contribution in [2.24, 2.45) is 17.6 Å². The third-order valence-corrected chi connectivity index (χ3v) is 3.32. The van der Waals surface area contributed by atoms with Gasteiger partial charge < -0.3 is 10.8 Å². The van der Waals surface area contributed by atoms with Crippen LogP contribution in [0.15, 0.2) is 0 Å². The van der Waals surface area contributed by atoms with E-state index >= 15 is 0 Å². The highest BCUT2D eigenvalue weighted by Gasteiger charge is 2.36. The predicted octanol–water partition coefficient (Wildman–Crippen LogP) is 1.52. The summed E-state index contributed by atoms with van der Waals surface area (Å²) in [5, 5.41) is 9.82. The number of nitrogens with two attached hydrogens (primary N) is 1. The van der Waals surface area contributed by atoms with Gasteiger partial charge in [-0.25, -0.2) is 0 Å². The van der Waals surface area contributed by atoms with E-state index in [1.807, 2.05) is 6.92 Å². The molecule has 0 aromatic heterocycles. The smallest absolute Gasteiger partial charge is 0.0770 e. The van der Waals surface area contributed by atoms with Gasteiger partial charge in [-0.05, 0) is 38.0 Å². The minimum Gasteiger partial charge on any atom is -0.389 e. The topological polar surface area (TPSA) is 46.2 Å². The van der Waals surface area contributed by atoms with Gasteiger partial charge >= 0.3 is 0 Å². The normalized spacial score (nSPS) is 43.5. The van der Waals surface area contributed by atoms with Crippen molar-refractivity contribution in [3.63, 3.8) is 0 Å². The summed E-state index contributed by atoms with van der Waals surface area (Å²) in [4.78, 5) is 0. The van der Waals surface area contributed by atoms with E-state index < -0.39 is 5.60 Å². The average molecular weight is 171 g/mol. The van der Waals surface area contributed by atoms with Gasteiger partial charge in [-0.2, -0.15) is 0 Å². The largest absolute Gasteiger partial charge is 0.389 e. The van der Waals surface area contributed by atoms with Gasteiger partial charge in [0.1, 0.15) is 0 Å². The summed E-state index contributed by atoms with van der Waals surface area (Å²) in [7, 11) is 0. The van der Waals surface area contributed by atoms with Crippen LogP contribution in [-0.4, -0.2) is 16.7 Å². The highest BCUT2D eigenvalue weighted by molar-refractivity contribution is 4.92. The Kier molecular flexibility index (Phi) is 2.79. The van der Waals surface area contributed by atoms with E-state index in [9.17, 15) is 5.11 Å². The molecule has 0 radical (unpaired) electrons. The van der Waals surface area contributed by atoms with Crippen molar-refractivity contribution in [3.8, 4) is 0 Å². The van der Waals surface area contributed by atoms with E-state index in [0.717, 1.165) is 19.3 Å². The van der Waals surface area contributed by atoms with E-state index in [-0.39, 0.29) is 6.04 Å². The molecule has 72 valence electrons. The van der Waals surface area contributed by atoms with Crippen LogP contribution in [0.4, 0.5) is 0 Å². The van der Waals surface area contributed by atoms with Crippen molar-refractivity contribution in [3.05, 3.63) is 0 Å². The van der Waals surface area contributed by atoms with Gasteiger partial charge in [0.25, 0.3) is 0 Å². The Balaban J connectivity index is 2.52. The third kappa shape index (κ3) is 1.99. The second kappa shape index (κ2) is 3.35. The molecule has 0 aliphatic heterocycles. The molecule has 3 atom stereocenters. The maximum atomic E-state index is 9.82. The van der Waals surface area contributed by atoms with E-state index in [2.05, 4.69) is 13.8 Å². The lowest BCUT2D eigenvalue weighted by atomic mass is 9.73. The molecular formula is C10H21NO. The molecule has 1 aliphatic carbocycles. The van der Waals surface area contributed by atoms with Gasteiger partial charge in [0.15, 0.2) is 0 Å². The second-order valence-electron chi connectivity index (χ2n) is 4.74. The molecule has 2 nitrogen and oxygen atoms in total. The minimum absolute atomic E-state index is 0.0290. The average Bonchev–Trinajstić information content (AvgIpc) is 1.94. The molecule has 1 rings (SSSR count). The fourth-order valence-corrected chi connectivity index (χ4v) is 1.97. The third-order valence-electron chi connectivity index (χ3n) is 3.32. The Morgan fingerprint density at radius 3 is 2.50 bits per heavy atom. The van der Waals surface area contributed by atoms with Crippen molar-refractivity contribution in [2.45, 2.75) is 51.7 Å². The zero-order valence-electron chi connectivity index (χ0n) is 8.38. The number of hydrogen-bond acceptors (Lipinski definition) is 2. The summed E-state index contributed by atoms with van der Waals surface area (Å²) >= 11 is 0. The first-order valence-electron chi connectivity index (χ1n) is 4.91. The molecule has 0 bridgehead atoms.